The zero-order chi connectivity index (χ0) is 15.2. The van der Waals surface area contributed by atoms with Crippen LogP contribution in [-0.2, 0) is 0 Å². The molecule has 0 fully saturated rings. The second-order valence-corrected chi connectivity index (χ2v) is 4.98. The Bertz CT molecular complexity index is 706. The number of hydrogen-bond donors (Lipinski definition) is 2. The smallest absolute Gasteiger partial charge is 0.0696 e. The number of allylic oxidation sites excluding steroid dienone is 6. The van der Waals surface area contributed by atoms with Crippen LogP contribution in [0.25, 0.3) is 0 Å². The largest absolute Gasteiger partial charge is 0.304 e. The van der Waals surface area contributed by atoms with Crippen LogP contribution in [0, 0.1) is 17.7 Å². The van der Waals surface area contributed by atoms with E-state index in [-0.39, 0.29) is 0 Å². The number of aryl methyl sites for hydroxylation is 1. The molecule has 0 bridgehead atoms. The van der Waals surface area contributed by atoms with Gasteiger partial charge in [-0.1, -0.05) is 54.6 Å². The lowest BCUT2D eigenvalue weighted by molar-refractivity contribution is 1.29. The fourth-order valence-electron chi connectivity index (χ4n) is 1.97. The summed E-state index contributed by atoms with van der Waals surface area (Å²) in [5.74, 6) is 0. The zero-order valence-corrected chi connectivity index (χ0v) is 12.1. The van der Waals surface area contributed by atoms with Gasteiger partial charge in [-0.2, -0.15) is 0 Å². The first kappa shape index (κ1) is 14.7. The van der Waals surface area contributed by atoms with E-state index in [0.717, 1.165) is 16.7 Å². The van der Waals surface area contributed by atoms with Gasteiger partial charge in [0.1, 0.15) is 0 Å². The number of benzene rings is 1. The minimum atomic E-state index is 0.312. The lowest BCUT2D eigenvalue weighted by atomic mass is 9.95. The lowest BCUT2D eigenvalue weighted by Crippen LogP contribution is -2.12. The molecule has 1 aromatic carbocycles. The third-order valence-corrected chi connectivity index (χ3v) is 3.28. The van der Waals surface area contributed by atoms with Crippen LogP contribution < -0.4 is 0 Å². The highest BCUT2D eigenvalue weighted by atomic mass is 14.5. The van der Waals surface area contributed by atoms with Crippen molar-refractivity contribution in [3.63, 3.8) is 0 Å². The topological polar surface area (TPSA) is 47.7 Å². The Kier molecular flexibility index (Phi) is 4.65. The molecule has 0 aliphatic heterocycles. The van der Waals surface area contributed by atoms with Gasteiger partial charge in [0.15, 0.2) is 0 Å². The molecule has 2 rings (SSSR count). The van der Waals surface area contributed by atoms with Crippen LogP contribution in [0.2, 0.25) is 0 Å². The summed E-state index contributed by atoms with van der Waals surface area (Å²) in [5.41, 5.74) is 7.09. The van der Waals surface area contributed by atoms with Gasteiger partial charge >= 0.3 is 0 Å². The molecule has 1 aromatic rings. The number of nitrogens with one attached hydrogen (secondary N) is 2. The van der Waals surface area contributed by atoms with E-state index in [1.807, 2.05) is 61.6 Å². The Morgan fingerprint density at radius 1 is 1.14 bits per heavy atom. The van der Waals surface area contributed by atoms with Crippen molar-refractivity contribution in [1.29, 1.82) is 10.8 Å². The van der Waals surface area contributed by atoms with Crippen LogP contribution in [0.4, 0.5) is 0 Å². The highest BCUT2D eigenvalue weighted by Gasteiger charge is 2.11. The molecule has 0 unspecified atom stereocenters. The van der Waals surface area contributed by atoms with E-state index < -0.39 is 0 Å². The van der Waals surface area contributed by atoms with Gasteiger partial charge < -0.3 is 5.41 Å². The minimum absolute atomic E-state index is 0.312. The molecule has 1 aliphatic carbocycles. The summed E-state index contributed by atoms with van der Waals surface area (Å²) in [6.45, 7) is 5.92. The van der Waals surface area contributed by atoms with Gasteiger partial charge in [-0.05, 0) is 24.6 Å². The Morgan fingerprint density at radius 3 is 2.57 bits per heavy atom. The molecular weight excluding hydrogens is 256 g/mol. The molecule has 2 nitrogen and oxygen atoms in total. The maximum absolute atomic E-state index is 8.19. The molecule has 2 heteroatoms. The van der Waals surface area contributed by atoms with Crippen LogP contribution in [0.5, 0.6) is 0 Å². The van der Waals surface area contributed by atoms with Crippen molar-refractivity contribution in [2.75, 3.05) is 0 Å². The van der Waals surface area contributed by atoms with E-state index in [2.05, 4.69) is 12.3 Å². The van der Waals surface area contributed by atoms with E-state index in [4.69, 9.17) is 10.8 Å². The summed E-state index contributed by atoms with van der Waals surface area (Å²) in [7, 11) is 0. The first-order chi connectivity index (χ1) is 10.1. The molecule has 104 valence electrons. The highest BCUT2D eigenvalue weighted by Crippen LogP contribution is 2.15. The Morgan fingerprint density at radius 2 is 1.86 bits per heavy atom. The quantitative estimate of drug-likeness (QED) is 0.585. The van der Waals surface area contributed by atoms with Gasteiger partial charge in [0.2, 0.25) is 0 Å². The molecule has 0 radical (unpaired) electrons. The van der Waals surface area contributed by atoms with Gasteiger partial charge in [-0.25, -0.2) is 0 Å². The van der Waals surface area contributed by atoms with Gasteiger partial charge in [-0.15, -0.1) is 5.73 Å². The van der Waals surface area contributed by atoms with Crippen molar-refractivity contribution in [2.24, 2.45) is 0 Å². The fraction of sp³-hybridized carbons (Fsp3) is 0.105. The first-order valence-electron chi connectivity index (χ1n) is 6.79. The summed E-state index contributed by atoms with van der Waals surface area (Å²) in [5, 5.41) is 16.4. The zero-order valence-electron chi connectivity index (χ0n) is 12.1. The fourth-order valence-corrected chi connectivity index (χ4v) is 1.97. The van der Waals surface area contributed by atoms with Crippen LogP contribution in [0.1, 0.15) is 17.5 Å². The molecule has 21 heavy (non-hydrogen) atoms. The van der Waals surface area contributed by atoms with E-state index in [9.17, 15) is 0 Å². The standard InChI is InChI=1S/C19H18N2/c1-14-9-11-17(12-10-14)19(21)15(2)18(20)13-16-7-5-3-4-6-8-16/h3,5-12,20-21H,2,13H2,1H3. The first-order valence-corrected chi connectivity index (χ1v) is 6.79. The molecule has 0 aromatic heterocycles. The third-order valence-electron chi connectivity index (χ3n) is 3.28. The van der Waals surface area contributed by atoms with Gasteiger partial charge in [0.05, 0.1) is 5.71 Å². The second-order valence-electron chi connectivity index (χ2n) is 4.98. The van der Waals surface area contributed by atoms with Crippen molar-refractivity contribution in [3.05, 3.63) is 89.2 Å². The van der Waals surface area contributed by atoms with Crippen molar-refractivity contribution in [3.8, 4) is 0 Å². The van der Waals surface area contributed by atoms with Crippen LogP contribution in [0.15, 0.2) is 78.1 Å². The predicted octanol–water partition coefficient (Wildman–Crippen LogP) is 4.54. The van der Waals surface area contributed by atoms with E-state index >= 15 is 0 Å². The van der Waals surface area contributed by atoms with E-state index in [1.165, 1.54) is 0 Å². The minimum Gasteiger partial charge on any atom is -0.304 e. The van der Waals surface area contributed by atoms with Crippen LogP contribution >= 0.6 is 0 Å². The normalized spacial score (nSPS) is 12.7. The van der Waals surface area contributed by atoms with Crippen molar-refractivity contribution in [2.45, 2.75) is 13.3 Å². The summed E-state index contributed by atoms with van der Waals surface area (Å²) in [4.78, 5) is 0. The SMILES string of the molecule is C=C(C(=N)CC1=CC=C=CC=C1)C(=N)c1ccc(C)cc1. The molecule has 0 heterocycles. The maximum Gasteiger partial charge on any atom is 0.0696 e. The van der Waals surface area contributed by atoms with Gasteiger partial charge in [0, 0.05) is 23.3 Å². The van der Waals surface area contributed by atoms with Crippen molar-refractivity contribution in [1.82, 2.24) is 0 Å². The van der Waals surface area contributed by atoms with E-state index in [0.29, 0.717) is 23.4 Å². The summed E-state index contributed by atoms with van der Waals surface area (Å²) in [6, 6.07) is 7.73. The molecule has 0 saturated carbocycles. The Hall–Kier alpha value is -2.70. The summed E-state index contributed by atoms with van der Waals surface area (Å²) < 4.78 is 0. The predicted molar refractivity (Wildman–Crippen MR) is 89.4 cm³/mol. The molecule has 0 amide bonds. The number of hydrogen-bond acceptors (Lipinski definition) is 2. The average Bonchev–Trinajstić information content (AvgIpc) is 2.75. The monoisotopic (exact) mass is 274 g/mol. The van der Waals surface area contributed by atoms with Gasteiger partial charge in [0.25, 0.3) is 0 Å². The van der Waals surface area contributed by atoms with Crippen molar-refractivity contribution < 1.29 is 0 Å². The average molecular weight is 274 g/mol. The summed E-state index contributed by atoms with van der Waals surface area (Å²) in [6.07, 6.45) is 9.91. The van der Waals surface area contributed by atoms with Crippen LogP contribution in [-0.4, -0.2) is 11.4 Å². The molecule has 0 spiro atoms. The lowest BCUT2D eigenvalue weighted by Gasteiger charge is -2.10. The maximum atomic E-state index is 8.19. The Labute approximate surface area is 125 Å². The van der Waals surface area contributed by atoms with Crippen molar-refractivity contribution >= 4 is 11.4 Å². The summed E-state index contributed by atoms with van der Waals surface area (Å²) >= 11 is 0. The van der Waals surface area contributed by atoms with Crippen LogP contribution in [0.3, 0.4) is 0 Å². The molecule has 0 atom stereocenters. The number of rotatable bonds is 5. The second kappa shape index (κ2) is 6.65. The third kappa shape index (κ3) is 3.88. The molecule has 2 N–H and O–H groups in total. The Balaban J connectivity index is 2.07. The van der Waals surface area contributed by atoms with Gasteiger partial charge in [-0.3, -0.25) is 5.41 Å². The molecule has 0 saturated heterocycles. The molecule has 1 aliphatic rings. The highest BCUT2D eigenvalue weighted by molar-refractivity contribution is 6.28. The van der Waals surface area contributed by atoms with E-state index in [1.54, 1.807) is 0 Å². The molecular formula is C19H18N2.